The van der Waals surface area contributed by atoms with Crippen LogP contribution in [0.2, 0.25) is 0 Å². The summed E-state index contributed by atoms with van der Waals surface area (Å²) < 4.78 is 12.9. The van der Waals surface area contributed by atoms with Crippen molar-refractivity contribution in [1.29, 1.82) is 0 Å². The van der Waals surface area contributed by atoms with Gasteiger partial charge in [-0.15, -0.1) is 0 Å². The van der Waals surface area contributed by atoms with Crippen molar-refractivity contribution in [3.63, 3.8) is 0 Å². The number of nitrogens with one attached hydrogen (secondary N) is 1. The number of benzene rings is 1. The molecule has 0 fully saturated rings. The number of halogens is 1. The topological polar surface area (TPSA) is 58.4 Å². The van der Waals surface area contributed by atoms with Gasteiger partial charge in [0.2, 0.25) is 5.91 Å². The van der Waals surface area contributed by atoms with E-state index in [9.17, 15) is 9.18 Å². The minimum absolute atomic E-state index is 0.00345. The van der Waals surface area contributed by atoms with Crippen molar-refractivity contribution in [2.45, 2.75) is 26.8 Å². The van der Waals surface area contributed by atoms with Crippen LogP contribution in [0, 0.1) is 5.82 Å². The van der Waals surface area contributed by atoms with E-state index in [2.05, 4.69) is 5.32 Å². The molecule has 0 aromatic heterocycles. The van der Waals surface area contributed by atoms with Gasteiger partial charge in [-0.2, -0.15) is 0 Å². The van der Waals surface area contributed by atoms with Gasteiger partial charge in [-0.3, -0.25) is 4.79 Å². The Hall–Kier alpha value is -1.78. The zero-order valence-corrected chi connectivity index (χ0v) is 11.0. The minimum Gasteiger partial charge on any atom is -0.397 e. The quantitative estimate of drug-likeness (QED) is 0.790. The molecule has 0 aliphatic carbocycles. The van der Waals surface area contributed by atoms with Crippen LogP contribution in [0.3, 0.4) is 0 Å². The van der Waals surface area contributed by atoms with Gasteiger partial charge in [0, 0.05) is 13.1 Å². The molecule has 4 nitrogen and oxygen atoms in total. The Kier molecular flexibility index (Phi) is 4.95. The van der Waals surface area contributed by atoms with E-state index in [4.69, 9.17) is 5.73 Å². The van der Waals surface area contributed by atoms with Gasteiger partial charge in [-0.25, -0.2) is 4.39 Å². The first-order valence-electron chi connectivity index (χ1n) is 6.09. The molecule has 1 rings (SSSR count). The maximum atomic E-state index is 12.9. The molecule has 0 radical (unpaired) electrons. The van der Waals surface area contributed by atoms with Crippen molar-refractivity contribution in [1.82, 2.24) is 4.90 Å². The maximum Gasteiger partial charge on any atom is 0.244 e. The van der Waals surface area contributed by atoms with Crippen molar-refractivity contribution in [2.24, 2.45) is 0 Å². The van der Waals surface area contributed by atoms with Gasteiger partial charge in [0.05, 0.1) is 11.4 Å². The molecule has 1 aromatic carbocycles. The van der Waals surface area contributed by atoms with Gasteiger partial charge >= 0.3 is 0 Å². The summed E-state index contributed by atoms with van der Waals surface area (Å²) in [4.78, 5) is 13.8. The number of carbonyl (C=O) groups excluding carboxylic acids is 1. The smallest absolute Gasteiger partial charge is 0.244 e. The first kappa shape index (κ1) is 14.3. The molecule has 100 valence electrons. The van der Waals surface area contributed by atoms with E-state index in [0.717, 1.165) is 0 Å². The highest BCUT2D eigenvalue weighted by atomic mass is 19.1. The third kappa shape index (κ3) is 3.35. The standard InChI is InChI=1S/C13H20FN3O/c1-4-17(5-2)13(18)9(3)16-12-7-6-10(14)8-11(12)15/h6-9,16H,4-5,15H2,1-3H3. The van der Waals surface area contributed by atoms with E-state index in [1.54, 1.807) is 11.8 Å². The van der Waals surface area contributed by atoms with Crippen molar-refractivity contribution >= 4 is 17.3 Å². The predicted octanol–water partition coefficient (Wildman–Crippen LogP) is 2.08. The summed E-state index contributed by atoms with van der Waals surface area (Å²) in [6, 6.07) is 3.69. The van der Waals surface area contributed by atoms with E-state index in [1.165, 1.54) is 18.2 Å². The molecule has 0 bridgehead atoms. The number of nitrogens with zero attached hydrogens (tertiary/aromatic N) is 1. The second kappa shape index (κ2) is 6.23. The van der Waals surface area contributed by atoms with Crippen LogP contribution in [-0.2, 0) is 4.79 Å². The molecule has 1 amide bonds. The lowest BCUT2D eigenvalue weighted by molar-refractivity contribution is -0.131. The molecule has 0 spiro atoms. The first-order valence-corrected chi connectivity index (χ1v) is 6.09. The van der Waals surface area contributed by atoms with Crippen LogP contribution in [0.4, 0.5) is 15.8 Å². The molecule has 1 atom stereocenters. The summed E-state index contributed by atoms with van der Waals surface area (Å²) in [7, 11) is 0. The summed E-state index contributed by atoms with van der Waals surface area (Å²) in [5.74, 6) is -0.385. The average Bonchev–Trinajstić information content (AvgIpc) is 2.34. The lowest BCUT2D eigenvalue weighted by atomic mass is 10.2. The molecule has 0 aliphatic heterocycles. The highest BCUT2D eigenvalue weighted by Gasteiger charge is 2.18. The molecule has 1 aromatic rings. The summed E-state index contributed by atoms with van der Waals surface area (Å²) in [6.45, 7) is 6.96. The lowest BCUT2D eigenvalue weighted by Gasteiger charge is -2.24. The van der Waals surface area contributed by atoms with Crippen molar-refractivity contribution in [3.8, 4) is 0 Å². The van der Waals surface area contributed by atoms with Crippen LogP contribution < -0.4 is 11.1 Å². The summed E-state index contributed by atoms with van der Waals surface area (Å²) in [6.07, 6.45) is 0. The van der Waals surface area contributed by atoms with Gasteiger partial charge < -0.3 is 16.0 Å². The lowest BCUT2D eigenvalue weighted by Crippen LogP contribution is -2.41. The number of rotatable bonds is 5. The predicted molar refractivity (Wildman–Crippen MR) is 71.8 cm³/mol. The van der Waals surface area contributed by atoms with E-state index in [1.807, 2.05) is 13.8 Å². The van der Waals surface area contributed by atoms with E-state index in [0.29, 0.717) is 24.5 Å². The van der Waals surface area contributed by atoms with Crippen LogP contribution in [0.1, 0.15) is 20.8 Å². The SMILES string of the molecule is CCN(CC)C(=O)C(C)Nc1ccc(F)cc1N. The summed E-state index contributed by atoms with van der Waals surface area (Å²) in [5.41, 5.74) is 6.56. The second-order valence-electron chi connectivity index (χ2n) is 4.11. The molecule has 0 heterocycles. The number of hydrogen-bond donors (Lipinski definition) is 2. The van der Waals surface area contributed by atoms with Crippen LogP contribution >= 0.6 is 0 Å². The number of carbonyl (C=O) groups is 1. The van der Waals surface area contributed by atoms with Crippen molar-refractivity contribution < 1.29 is 9.18 Å². The van der Waals surface area contributed by atoms with Crippen LogP contribution in [-0.4, -0.2) is 29.9 Å². The van der Waals surface area contributed by atoms with Gasteiger partial charge in [-0.05, 0) is 39.0 Å². The number of anilines is 2. The fourth-order valence-corrected chi connectivity index (χ4v) is 1.77. The third-order valence-electron chi connectivity index (χ3n) is 2.83. The van der Waals surface area contributed by atoms with Crippen LogP contribution in [0.25, 0.3) is 0 Å². The maximum absolute atomic E-state index is 12.9. The first-order chi connectivity index (χ1) is 8.49. The molecular formula is C13H20FN3O. The minimum atomic E-state index is -0.391. The van der Waals surface area contributed by atoms with Crippen molar-refractivity contribution in [3.05, 3.63) is 24.0 Å². The van der Waals surface area contributed by atoms with Gasteiger partial charge in [0.25, 0.3) is 0 Å². The summed E-state index contributed by atoms with van der Waals surface area (Å²) >= 11 is 0. The van der Waals surface area contributed by atoms with Crippen LogP contribution in [0.15, 0.2) is 18.2 Å². The monoisotopic (exact) mass is 253 g/mol. The summed E-state index contributed by atoms with van der Waals surface area (Å²) in [5, 5.41) is 3.00. The normalized spacial score (nSPS) is 12.0. The molecule has 1 unspecified atom stereocenters. The number of likely N-dealkylation sites (N-methyl/N-ethyl adjacent to an activating group) is 1. The fraction of sp³-hybridized carbons (Fsp3) is 0.462. The molecule has 3 N–H and O–H groups in total. The molecule has 5 heteroatoms. The highest BCUT2D eigenvalue weighted by Crippen LogP contribution is 2.20. The average molecular weight is 253 g/mol. The number of amides is 1. The van der Waals surface area contributed by atoms with Crippen molar-refractivity contribution in [2.75, 3.05) is 24.1 Å². The molecule has 0 aliphatic rings. The van der Waals surface area contributed by atoms with Gasteiger partial charge in [0.15, 0.2) is 0 Å². The highest BCUT2D eigenvalue weighted by molar-refractivity contribution is 5.85. The zero-order valence-electron chi connectivity index (χ0n) is 11.0. The van der Waals surface area contributed by atoms with Gasteiger partial charge in [0.1, 0.15) is 11.9 Å². The molecular weight excluding hydrogens is 233 g/mol. The largest absolute Gasteiger partial charge is 0.397 e. The van der Waals surface area contributed by atoms with Gasteiger partial charge in [-0.1, -0.05) is 0 Å². The zero-order chi connectivity index (χ0) is 13.7. The number of nitrogens with two attached hydrogens (primary N) is 1. The Morgan fingerprint density at radius 2 is 2.06 bits per heavy atom. The Morgan fingerprint density at radius 1 is 1.44 bits per heavy atom. The Morgan fingerprint density at radius 3 is 2.56 bits per heavy atom. The Labute approximate surface area is 107 Å². The fourth-order valence-electron chi connectivity index (χ4n) is 1.77. The Bertz CT molecular complexity index is 419. The number of nitrogen functional groups attached to an aromatic ring is 1. The van der Waals surface area contributed by atoms with E-state index < -0.39 is 6.04 Å². The second-order valence-corrected chi connectivity index (χ2v) is 4.11. The van der Waals surface area contributed by atoms with E-state index in [-0.39, 0.29) is 11.7 Å². The molecule has 0 saturated carbocycles. The third-order valence-corrected chi connectivity index (χ3v) is 2.83. The van der Waals surface area contributed by atoms with Crippen LogP contribution in [0.5, 0.6) is 0 Å². The molecule has 18 heavy (non-hydrogen) atoms. The Balaban J connectivity index is 2.75. The van der Waals surface area contributed by atoms with E-state index >= 15 is 0 Å². The molecule has 0 saturated heterocycles. The number of hydrogen-bond acceptors (Lipinski definition) is 3.